The van der Waals surface area contributed by atoms with E-state index in [1.165, 1.54) is 17.4 Å². The summed E-state index contributed by atoms with van der Waals surface area (Å²) in [6.45, 7) is 9.96. The lowest BCUT2D eigenvalue weighted by molar-refractivity contribution is 0.130. The van der Waals surface area contributed by atoms with Crippen LogP contribution in [0.15, 0.2) is 53.6 Å². The molecule has 1 fully saturated rings. The van der Waals surface area contributed by atoms with Crippen molar-refractivity contribution in [3.8, 4) is 21.0 Å². The van der Waals surface area contributed by atoms with Gasteiger partial charge < -0.3 is 14.8 Å². The van der Waals surface area contributed by atoms with Crippen LogP contribution in [0.3, 0.4) is 0 Å². The second kappa shape index (κ2) is 17.7. The Hall–Kier alpha value is -3.17. The van der Waals surface area contributed by atoms with E-state index in [-0.39, 0.29) is 52.0 Å². The normalized spacial score (nSPS) is 14.6. The summed E-state index contributed by atoms with van der Waals surface area (Å²) < 4.78 is 40.3. The molecule has 3 aromatic rings. The van der Waals surface area contributed by atoms with Crippen LogP contribution >= 0.6 is 24.8 Å². The Balaban J connectivity index is 0.00000353. The van der Waals surface area contributed by atoms with Crippen LogP contribution in [0.1, 0.15) is 68.7 Å². The summed E-state index contributed by atoms with van der Waals surface area (Å²) in [6.07, 6.45) is 3.33. The highest BCUT2D eigenvalue weighted by atomic mass is 32.2. The van der Waals surface area contributed by atoms with Gasteiger partial charge in [-0.15, -0.1) is 11.3 Å². The van der Waals surface area contributed by atoms with Crippen LogP contribution < -0.4 is 20.7 Å². The molecule has 2 amide bonds. The fourth-order valence-electron chi connectivity index (χ4n) is 4.47. The van der Waals surface area contributed by atoms with Gasteiger partial charge in [0.1, 0.15) is 11.6 Å². The number of hydrogen-bond acceptors (Lipinski definition) is 9. The van der Waals surface area contributed by atoms with E-state index in [1.54, 1.807) is 65.1 Å². The standard InChI is InChI=1S/C30H39N5O6S2.2CH4.H2S/c1-19(2)41-29(37)33-21-11-9-20(10-12-21)27-32-17-25(42-27)24-14-13-22(16-26(24)43(38,39)35-30(3,4)5)34-28(36)40-18-23-8-6-7-15-31-23;;;/h9-14,16-17,19,23,31,35H,6-8,15,18H2,1-5H3,(H,33,37)(H,34,36);2*1H4;1H2/t23-;;;/m0.../s1. The number of thiazole rings is 1. The summed E-state index contributed by atoms with van der Waals surface area (Å²) in [4.78, 5) is 29.6. The van der Waals surface area contributed by atoms with Gasteiger partial charge in [-0.25, -0.2) is 27.7 Å². The maximum absolute atomic E-state index is 13.6. The summed E-state index contributed by atoms with van der Waals surface area (Å²) >= 11 is 1.32. The minimum Gasteiger partial charge on any atom is -0.448 e. The molecule has 0 aliphatic carbocycles. The van der Waals surface area contributed by atoms with E-state index in [4.69, 9.17) is 9.47 Å². The monoisotopic (exact) mass is 695 g/mol. The smallest absolute Gasteiger partial charge is 0.411 e. The minimum atomic E-state index is -3.99. The summed E-state index contributed by atoms with van der Waals surface area (Å²) in [5, 5.41) is 9.33. The third-order valence-electron chi connectivity index (χ3n) is 6.28. The molecule has 11 nitrogen and oxygen atoms in total. The van der Waals surface area contributed by atoms with E-state index in [0.29, 0.717) is 26.8 Å². The zero-order chi connectivity index (χ0) is 31.2. The SMILES string of the molecule is C.C.CC(C)OC(=O)Nc1ccc(-c2ncc(-c3ccc(NC(=O)OC[C@@H]4CCCCN4)cc3S(=O)(=O)NC(C)(C)C)s2)cc1.S. The number of aromatic nitrogens is 1. The van der Waals surface area contributed by atoms with Gasteiger partial charge in [0, 0.05) is 40.3 Å². The number of nitrogens with one attached hydrogen (secondary N) is 4. The second-order valence-corrected chi connectivity index (χ2v) is 14.3. The number of benzene rings is 2. The van der Waals surface area contributed by atoms with Crippen molar-refractivity contribution in [1.29, 1.82) is 0 Å². The molecule has 2 aromatic carbocycles. The molecule has 4 N–H and O–H groups in total. The molecule has 0 unspecified atom stereocenters. The first-order valence-electron chi connectivity index (χ1n) is 14.2. The van der Waals surface area contributed by atoms with E-state index in [0.717, 1.165) is 31.4 Å². The van der Waals surface area contributed by atoms with Crippen LogP contribution in [0.25, 0.3) is 21.0 Å². The van der Waals surface area contributed by atoms with Gasteiger partial charge in [0.2, 0.25) is 10.0 Å². The van der Waals surface area contributed by atoms with Gasteiger partial charge in [-0.05, 0) is 90.4 Å². The molecular weight excluding hydrogens is 647 g/mol. The zero-order valence-electron chi connectivity index (χ0n) is 25.5. The highest BCUT2D eigenvalue weighted by Crippen LogP contribution is 2.37. The highest BCUT2D eigenvalue weighted by molar-refractivity contribution is 7.89. The number of anilines is 2. The number of sulfonamides is 1. The number of hydrogen-bond donors (Lipinski definition) is 4. The average Bonchev–Trinajstić information content (AvgIpc) is 3.41. The van der Waals surface area contributed by atoms with Crippen molar-refractivity contribution < 1.29 is 27.5 Å². The lowest BCUT2D eigenvalue weighted by Crippen LogP contribution is -2.40. The number of carbonyl (C=O) groups is 2. The van der Waals surface area contributed by atoms with Crippen molar-refractivity contribution in [1.82, 2.24) is 15.0 Å². The topological polar surface area (TPSA) is 148 Å². The lowest BCUT2D eigenvalue weighted by atomic mass is 10.1. The Labute approximate surface area is 284 Å². The molecule has 256 valence electrons. The zero-order valence-corrected chi connectivity index (χ0v) is 28.2. The Kier molecular flexibility index (Phi) is 15.7. The quantitative estimate of drug-likeness (QED) is 0.179. The predicted molar refractivity (Wildman–Crippen MR) is 193 cm³/mol. The van der Waals surface area contributed by atoms with Crippen molar-refractivity contribution in [2.45, 2.75) is 91.3 Å². The minimum absolute atomic E-state index is 0. The first-order valence-corrected chi connectivity index (χ1v) is 16.5. The highest BCUT2D eigenvalue weighted by Gasteiger charge is 2.27. The lowest BCUT2D eigenvalue weighted by Gasteiger charge is -2.23. The Morgan fingerprint density at radius 1 is 1.02 bits per heavy atom. The van der Waals surface area contributed by atoms with Crippen LogP contribution in [0, 0.1) is 0 Å². The predicted octanol–water partition coefficient (Wildman–Crippen LogP) is 7.59. The number of ether oxygens (including phenoxy) is 2. The molecule has 1 aromatic heterocycles. The summed E-state index contributed by atoms with van der Waals surface area (Å²) in [5.41, 5.74) is 1.37. The molecule has 46 heavy (non-hydrogen) atoms. The summed E-state index contributed by atoms with van der Waals surface area (Å²) in [5.74, 6) is 0. The molecule has 1 aliphatic heterocycles. The van der Waals surface area contributed by atoms with Crippen LogP contribution in [0.2, 0.25) is 0 Å². The third kappa shape index (κ3) is 11.9. The first-order chi connectivity index (χ1) is 20.3. The molecular formula is C32H49N5O6S3. The average molecular weight is 696 g/mol. The van der Waals surface area contributed by atoms with E-state index in [2.05, 4.69) is 25.7 Å². The van der Waals surface area contributed by atoms with Crippen LogP contribution in [0.5, 0.6) is 0 Å². The molecule has 14 heteroatoms. The second-order valence-electron chi connectivity index (χ2n) is 11.6. The van der Waals surface area contributed by atoms with E-state index < -0.39 is 27.7 Å². The molecule has 1 saturated heterocycles. The van der Waals surface area contributed by atoms with E-state index >= 15 is 0 Å². The van der Waals surface area contributed by atoms with Gasteiger partial charge in [0.25, 0.3) is 0 Å². The van der Waals surface area contributed by atoms with Gasteiger partial charge in [0.05, 0.1) is 15.9 Å². The Morgan fingerprint density at radius 2 is 1.67 bits per heavy atom. The molecule has 0 radical (unpaired) electrons. The van der Waals surface area contributed by atoms with Crippen molar-refractivity contribution >= 4 is 58.4 Å². The van der Waals surface area contributed by atoms with Crippen LogP contribution in [0.4, 0.5) is 21.0 Å². The van der Waals surface area contributed by atoms with Crippen LogP contribution in [-0.2, 0) is 19.5 Å². The van der Waals surface area contributed by atoms with Crippen molar-refractivity contribution in [2.24, 2.45) is 0 Å². The Bertz CT molecular complexity index is 1530. The van der Waals surface area contributed by atoms with Crippen molar-refractivity contribution in [2.75, 3.05) is 23.8 Å². The fraction of sp³-hybridized carbons (Fsp3) is 0.469. The largest absolute Gasteiger partial charge is 0.448 e. The molecule has 0 bridgehead atoms. The van der Waals surface area contributed by atoms with Crippen molar-refractivity contribution in [3.05, 3.63) is 48.7 Å². The van der Waals surface area contributed by atoms with Crippen LogP contribution in [-0.4, -0.2) is 56.4 Å². The number of nitrogens with zero attached hydrogens (tertiary/aromatic N) is 1. The van der Waals surface area contributed by atoms with Gasteiger partial charge in [0.15, 0.2) is 0 Å². The first kappa shape index (κ1) is 40.9. The third-order valence-corrected chi connectivity index (χ3v) is 9.16. The van der Waals surface area contributed by atoms with E-state index in [1.807, 2.05) is 12.1 Å². The van der Waals surface area contributed by atoms with Gasteiger partial charge >= 0.3 is 12.2 Å². The fourth-order valence-corrected chi connectivity index (χ4v) is 7.16. The van der Waals surface area contributed by atoms with E-state index in [9.17, 15) is 18.0 Å². The van der Waals surface area contributed by atoms with Crippen molar-refractivity contribution in [3.63, 3.8) is 0 Å². The molecule has 4 rings (SSSR count). The summed E-state index contributed by atoms with van der Waals surface area (Å²) in [7, 11) is -3.99. The Morgan fingerprint density at radius 3 is 2.28 bits per heavy atom. The molecule has 0 saturated carbocycles. The van der Waals surface area contributed by atoms with Gasteiger partial charge in [-0.1, -0.05) is 27.3 Å². The molecule has 0 spiro atoms. The maximum Gasteiger partial charge on any atom is 0.411 e. The van der Waals surface area contributed by atoms with Gasteiger partial charge in [-0.3, -0.25) is 10.6 Å². The molecule has 1 atom stereocenters. The van der Waals surface area contributed by atoms with Gasteiger partial charge in [-0.2, -0.15) is 13.5 Å². The number of rotatable bonds is 9. The maximum atomic E-state index is 13.6. The molecule has 1 aliphatic rings. The number of carbonyl (C=O) groups excluding carboxylic acids is 2. The number of amides is 2. The molecule has 2 heterocycles. The number of piperidine rings is 1. The summed E-state index contributed by atoms with van der Waals surface area (Å²) in [6, 6.07) is 11.9.